The summed E-state index contributed by atoms with van der Waals surface area (Å²) in [5.41, 5.74) is 5.15. The second-order valence-electron chi connectivity index (χ2n) is 5.56. The lowest BCUT2D eigenvalue weighted by molar-refractivity contribution is -0.178. The van der Waals surface area contributed by atoms with Crippen LogP contribution in [0.4, 0.5) is 0 Å². The number of carbonyl (C=O) groups excluding carboxylic acids is 1. The summed E-state index contributed by atoms with van der Waals surface area (Å²) in [7, 11) is 3.38. The highest BCUT2D eigenvalue weighted by Crippen LogP contribution is 2.50. The molecule has 0 aromatic heterocycles. The van der Waals surface area contributed by atoms with Crippen molar-refractivity contribution in [1.82, 2.24) is 4.90 Å². The summed E-state index contributed by atoms with van der Waals surface area (Å²) in [5.74, 6) is -0.0273. The molecule has 0 saturated heterocycles. The smallest absolute Gasteiger partial charge is 0.243 e. The van der Waals surface area contributed by atoms with Crippen LogP contribution in [0.2, 0.25) is 0 Å². The Balaban J connectivity index is 2.68. The van der Waals surface area contributed by atoms with Crippen LogP contribution >= 0.6 is 0 Å². The fourth-order valence-electron chi connectivity index (χ4n) is 2.47. The molecule has 2 atom stereocenters. The first kappa shape index (κ1) is 15.4. The van der Waals surface area contributed by atoms with Gasteiger partial charge in [0.15, 0.2) is 0 Å². The van der Waals surface area contributed by atoms with Crippen LogP contribution in [-0.2, 0) is 14.3 Å². The van der Waals surface area contributed by atoms with E-state index in [4.69, 9.17) is 15.2 Å². The normalized spacial score (nSPS) is 29.8. The average molecular weight is 258 g/mol. The number of ether oxygens (including phenoxy) is 2. The van der Waals surface area contributed by atoms with Crippen molar-refractivity contribution in [2.75, 3.05) is 33.9 Å². The third-order valence-electron chi connectivity index (χ3n) is 4.19. The predicted octanol–water partition coefficient (Wildman–Crippen LogP) is 0.624. The van der Waals surface area contributed by atoms with Gasteiger partial charge in [0, 0.05) is 39.1 Å². The lowest BCUT2D eigenvalue weighted by atomic mass is 9.54. The SMILES string of the molecule is CCOC1CC(N)(C(=O)N(C)CCOC)C1(C)C. The van der Waals surface area contributed by atoms with Crippen LogP contribution in [-0.4, -0.2) is 56.4 Å². The Morgan fingerprint density at radius 3 is 2.56 bits per heavy atom. The van der Waals surface area contributed by atoms with Gasteiger partial charge in [0.05, 0.1) is 12.7 Å². The molecule has 0 spiro atoms. The monoisotopic (exact) mass is 258 g/mol. The van der Waals surface area contributed by atoms with E-state index < -0.39 is 5.54 Å². The predicted molar refractivity (Wildman–Crippen MR) is 70.2 cm³/mol. The topological polar surface area (TPSA) is 64.8 Å². The van der Waals surface area contributed by atoms with Crippen molar-refractivity contribution < 1.29 is 14.3 Å². The number of hydrogen-bond donors (Lipinski definition) is 1. The van der Waals surface area contributed by atoms with E-state index in [0.29, 0.717) is 26.2 Å². The number of carbonyl (C=O) groups is 1. The van der Waals surface area contributed by atoms with E-state index in [1.54, 1.807) is 19.1 Å². The van der Waals surface area contributed by atoms with Crippen molar-refractivity contribution in [2.24, 2.45) is 11.1 Å². The fraction of sp³-hybridized carbons (Fsp3) is 0.923. The first-order chi connectivity index (χ1) is 8.31. The summed E-state index contributed by atoms with van der Waals surface area (Å²) in [6.07, 6.45) is 0.650. The maximum atomic E-state index is 12.4. The molecule has 1 aliphatic carbocycles. The number of nitrogens with zero attached hydrogens (tertiary/aromatic N) is 1. The Labute approximate surface area is 110 Å². The minimum absolute atomic E-state index is 0.0273. The van der Waals surface area contributed by atoms with Crippen molar-refractivity contribution in [1.29, 1.82) is 0 Å². The quantitative estimate of drug-likeness (QED) is 0.758. The lowest BCUT2D eigenvalue weighted by Gasteiger charge is -2.58. The van der Waals surface area contributed by atoms with Crippen LogP contribution in [0.1, 0.15) is 27.2 Å². The molecule has 0 radical (unpaired) electrons. The molecule has 1 fully saturated rings. The number of likely N-dealkylation sites (N-methyl/N-ethyl adjacent to an activating group) is 1. The maximum absolute atomic E-state index is 12.4. The summed E-state index contributed by atoms with van der Waals surface area (Å²) < 4.78 is 10.6. The molecule has 1 aliphatic rings. The Morgan fingerprint density at radius 1 is 1.50 bits per heavy atom. The van der Waals surface area contributed by atoms with Crippen molar-refractivity contribution in [3.63, 3.8) is 0 Å². The summed E-state index contributed by atoms with van der Waals surface area (Å²) in [5, 5.41) is 0. The van der Waals surface area contributed by atoms with Gasteiger partial charge in [-0.3, -0.25) is 4.79 Å². The lowest BCUT2D eigenvalue weighted by Crippen LogP contribution is -2.75. The molecule has 1 rings (SSSR count). The van der Waals surface area contributed by atoms with Gasteiger partial charge >= 0.3 is 0 Å². The Morgan fingerprint density at radius 2 is 2.11 bits per heavy atom. The molecule has 1 saturated carbocycles. The minimum atomic E-state index is -0.824. The number of methoxy groups -OCH3 is 1. The van der Waals surface area contributed by atoms with Crippen molar-refractivity contribution in [3.05, 3.63) is 0 Å². The highest BCUT2D eigenvalue weighted by Gasteiger charge is 2.63. The van der Waals surface area contributed by atoms with Gasteiger partial charge in [-0.25, -0.2) is 0 Å². The van der Waals surface area contributed by atoms with Crippen LogP contribution < -0.4 is 5.73 Å². The second kappa shape index (κ2) is 5.55. The first-order valence-corrected chi connectivity index (χ1v) is 6.46. The van der Waals surface area contributed by atoms with Gasteiger partial charge in [-0.15, -0.1) is 0 Å². The van der Waals surface area contributed by atoms with E-state index in [9.17, 15) is 4.79 Å². The molecule has 5 nitrogen and oxygen atoms in total. The van der Waals surface area contributed by atoms with Crippen LogP contribution in [0.25, 0.3) is 0 Å². The zero-order valence-corrected chi connectivity index (χ0v) is 12.2. The van der Waals surface area contributed by atoms with Crippen molar-refractivity contribution in [2.45, 2.75) is 38.8 Å². The highest BCUT2D eigenvalue weighted by atomic mass is 16.5. The third kappa shape index (κ3) is 2.39. The van der Waals surface area contributed by atoms with Gasteiger partial charge in [-0.05, 0) is 6.92 Å². The van der Waals surface area contributed by atoms with Gasteiger partial charge in [-0.1, -0.05) is 13.8 Å². The number of amides is 1. The number of nitrogens with two attached hydrogens (primary N) is 1. The van der Waals surface area contributed by atoms with Gasteiger partial charge in [0.1, 0.15) is 5.54 Å². The zero-order valence-electron chi connectivity index (χ0n) is 12.2. The van der Waals surface area contributed by atoms with Gasteiger partial charge in [-0.2, -0.15) is 0 Å². The Hall–Kier alpha value is -0.650. The average Bonchev–Trinajstić information content (AvgIpc) is 2.34. The van der Waals surface area contributed by atoms with Crippen LogP contribution in [0.3, 0.4) is 0 Å². The van der Waals surface area contributed by atoms with E-state index in [0.717, 1.165) is 0 Å². The molecule has 0 heterocycles. The molecule has 0 aromatic carbocycles. The van der Waals surface area contributed by atoms with E-state index in [-0.39, 0.29) is 17.4 Å². The highest BCUT2D eigenvalue weighted by molar-refractivity contribution is 5.88. The van der Waals surface area contributed by atoms with Crippen molar-refractivity contribution >= 4 is 5.91 Å². The molecule has 2 N–H and O–H groups in total. The molecule has 2 unspecified atom stereocenters. The molecule has 18 heavy (non-hydrogen) atoms. The van der Waals surface area contributed by atoms with Gasteiger partial charge < -0.3 is 20.1 Å². The van der Waals surface area contributed by atoms with E-state index in [1.165, 1.54) is 0 Å². The molecule has 0 aromatic rings. The summed E-state index contributed by atoms with van der Waals surface area (Å²) in [6.45, 7) is 7.69. The second-order valence-corrected chi connectivity index (χ2v) is 5.56. The molecular weight excluding hydrogens is 232 g/mol. The molecular formula is C13H26N2O3. The minimum Gasteiger partial charge on any atom is -0.383 e. The van der Waals surface area contributed by atoms with E-state index in [2.05, 4.69) is 0 Å². The van der Waals surface area contributed by atoms with Crippen LogP contribution in [0.15, 0.2) is 0 Å². The third-order valence-corrected chi connectivity index (χ3v) is 4.19. The Kier molecular flexibility index (Phi) is 4.75. The zero-order chi connectivity index (χ0) is 14.0. The standard InChI is InChI=1S/C13H26N2O3/c1-6-18-10-9-13(14,12(10,2)3)11(16)15(4)7-8-17-5/h10H,6-9,14H2,1-5H3. The summed E-state index contributed by atoms with van der Waals surface area (Å²) in [4.78, 5) is 14.1. The summed E-state index contributed by atoms with van der Waals surface area (Å²) in [6, 6.07) is 0. The maximum Gasteiger partial charge on any atom is 0.243 e. The van der Waals surface area contributed by atoms with Crippen LogP contribution in [0, 0.1) is 5.41 Å². The van der Waals surface area contributed by atoms with Crippen molar-refractivity contribution in [3.8, 4) is 0 Å². The van der Waals surface area contributed by atoms with Gasteiger partial charge in [0.25, 0.3) is 0 Å². The Bertz CT molecular complexity index is 307. The molecule has 0 bridgehead atoms. The molecule has 106 valence electrons. The number of rotatable bonds is 6. The number of hydrogen-bond acceptors (Lipinski definition) is 4. The van der Waals surface area contributed by atoms with E-state index in [1.807, 2.05) is 20.8 Å². The largest absolute Gasteiger partial charge is 0.383 e. The molecule has 5 heteroatoms. The molecule has 0 aliphatic heterocycles. The van der Waals surface area contributed by atoms with E-state index >= 15 is 0 Å². The first-order valence-electron chi connectivity index (χ1n) is 6.46. The van der Waals surface area contributed by atoms with Crippen LogP contribution in [0.5, 0.6) is 0 Å². The molecule has 1 amide bonds. The summed E-state index contributed by atoms with van der Waals surface area (Å²) >= 11 is 0. The fourth-order valence-corrected chi connectivity index (χ4v) is 2.47. The van der Waals surface area contributed by atoms with Gasteiger partial charge in [0.2, 0.25) is 5.91 Å².